The van der Waals surface area contributed by atoms with E-state index in [1.165, 1.54) is 11.1 Å². The van der Waals surface area contributed by atoms with Crippen LogP contribution in [-0.2, 0) is 0 Å². The smallest absolute Gasteiger partial charge is 0.191 e. The summed E-state index contributed by atoms with van der Waals surface area (Å²) in [6.45, 7) is 8.18. The van der Waals surface area contributed by atoms with Crippen LogP contribution in [-0.4, -0.2) is 31.1 Å². The molecule has 1 unspecified atom stereocenters. The zero-order valence-electron chi connectivity index (χ0n) is 13.1. The number of aliphatic imine (C=N–C) groups is 1. The Morgan fingerprint density at radius 3 is 2.75 bits per heavy atom. The summed E-state index contributed by atoms with van der Waals surface area (Å²) < 4.78 is 0. The summed E-state index contributed by atoms with van der Waals surface area (Å²) >= 11 is 1.87. The molecule has 1 atom stereocenters. The van der Waals surface area contributed by atoms with E-state index >= 15 is 0 Å². The summed E-state index contributed by atoms with van der Waals surface area (Å²) in [7, 11) is 0. The second-order valence-electron chi connectivity index (χ2n) is 4.83. The highest BCUT2D eigenvalue weighted by atomic mass is 32.2. The van der Waals surface area contributed by atoms with Crippen molar-refractivity contribution in [3.63, 3.8) is 0 Å². The molecular weight excluding hydrogens is 266 g/mol. The molecule has 3 nitrogen and oxygen atoms in total. The Kier molecular flexibility index (Phi) is 8.19. The topological polar surface area (TPSA) is 36.4 Å². The van der Waals surface area contributed by atoms with Crippen LogP contribution in [0.4, 0.5) is 0 Å². The highest BCUT2D eigenvalue weighted by molar-refractivity contribution is 7.98. The monoisotopic (exact) mass is 293 g/mol. The van der Waals surface area contributed by atoms with Crippen LogP contribution in [0.2, 0.25) is 0 Å². The van der Waals surface area contributed by atoms with Crippen LogP contribution in [0.5, 0.6) is 0 Å². The van der Waals surface area contributed by atoms with E-state index in [2.05, 4.69) is 66.9 Å². The molecule has 0 aliphatic heterocycles. The standard InChI is InChI=1S/C16H27N3S/c1-5-17-16(18-11-8-12-20-4)19-14(3)15-10-7-6-9-13(15)2/h6-7,9-10,14H,5,8,11-12H2,1-4H3,(H2,17,18,19). The second-order valence-corrected chi connectivity index (χ2v) is 5.82. The van der Waals surface area contributed by atoms with E-state index in [1.807, 2.05) is 11.8 Å². The van der Waals surface area contributed by atoms with E-state index in [4.69, 9.17) is 0 Å². The summed E-state index contributed by atoms with van der Waals surface area (Å²) in [5.74, 6) is 2.07. The van der Waals surface area contributed by atoms with Crippen molar-refractivity contribution in [1.29, 1.82) is 0 Å². The largest absolute Gasteiger partial charge is 0.357 e. The fourth-order valence-electron chi connectivity index (χ4n) is 2.08. The first-order valence-corrected chi connectivity index (χ1v) is 8.67. The molecule has 0 bridgehead atoms. The Morgan fingerprint density at radius 1 is 1.35 bits per heavy atom. The van der Waals surface area contributed by atoms with Crippen LogP contribution in [0.3, 0.4) is 0 Å². The van der Waals surface area contributed by atoms with Gasteiger partial charge in [-0.3, -0.25) is 4.99 Å². The minimum atomic E-state index is 0.259. The van der Waals surface area contributed by atoms with Crippen molar-refractivity contribution < 1.29 is 0 Å². The molecule has 0 saturated carbocycles. The normalized spacial score (nSPS) is 13.1. The van der Waals surface area contributed by atoms with E-state index in [1.54, 1.807) is 0 Å². The molecular formula is C16H27N3S. The van der Waals surface area contributed by atoms with Gasteiger partial charge in [-0.1, -0.05) is 24.3 Å². The van der Waals surface area contributed by atoms with Crippen molar-refractivity contribution in [1.82, 2.24) is 10.6 Å². The summed E-state index contributed by atoms with van der Waals surface area (Å²) in [5, 5.41) is 6.80. The lowest BCUT2D eigenvalue weighted by Gasteiger charge is -2.19. The number of hydrogen-bond donors (Lipinski definition) is 2. The Morgan fingerprint density at radius 2 is 2.10 bits per heavy atom. The molecule has 0 aliphatic carbocycles. The molecule has 0 amide bonds. The molecule has 20 heavy (non-hydrogen) atoms. The van der Waals surface area contributed by atoms with Crippen molar-refractivity contribution in [3.8, 4) is 0 Å². The van der Waals surface area contributed by atoms with Crippen molar-refractivity contribution in [2.24, 2.45) is 4.99 Å². The summed E-state index contributed by atoms with van der Waals surface area (Å²) in [5.41, 5.74) is 2.63. The molecule has 0 spiro atoms. The van der Waals surface area contributed by atoms with Gasteiger partial charge in [-0.15, -0.1) is 0 Å². The molecule has 0 radical (unpaired) electrons. The van der Waals surface area contributed by atoms with E-state index in [9.17, 15) is 0 Å². The van der Waals surface area contributed by atoms with Crippen molar-refractivity contribution in [3.05, 3.63) is 35.4 Å². The van der Waals surface area contributed by atoms with Gasteiger partial charge >= 0.3 is 0 Å². The highest BCUT2D eigenvalue weighted by Gasteiger charge is 2.09. The molecule has 112 valence electrons. The van der Waals surface area contributed by atoms with Crippen LogP contribution in [0.1, 0.15) is 37.4 Å². The van der Waals surface area contributed by atoms with Crippen molar-refractivity contribution >= 4 is 17.7 Å². The van der Waals surface area contributed by atoms with Crippen LogP contribution in [0.25, 0.3) is 0 Å². The molecule has 0 aromatic heterocycles. The number of hydrogen-bond acceptors (Lipinski definition) is 2. The van der Waals surface area contributed by atoms with Gasteiger partial charge in [0.25, 0.3) is 0 Å². The number of aryl methyl sites for hydroxylation is 1. The highest BCUT2D eigenvalue weighted by Crippen LogP contribution is 2.16. The van der Waals surface area contributed by atoms with Gasteiger partial charge in [0, 0.05) is 13.1 Å². The fourth-order valence-corrected chi connectivity index (χ4v) is 2.49. The van der Waals surface area contributed by atoms with Gasteiger partial charge in [0.2, 0.25) is 0 Å². The zero-order chi connectivity index (χ0) is 14.8. The third kappa shape index (κ3) is 5.87. The number of nitrogens with one attached hydrogen (secondary N) is 2. The van der Waals surface area contributed by atoms with E-state index < -0.39 is 0 Å². The Bertz CT molecular complexity index is 418. The second kappa shape index (κ2) is 9.70. The van der Waals surface area contributed by atoms with Crippen LogP contribution in [0.15, 0.2) is 29.3 Å². The predicted octanol–water partition coefficient (Wildman–Crippen LogP) is 3.36. The Balaban J connectivity index is 2.62. The number of thioether (sulfide) groups is 1. The zero-order valence-corrected chi connectivity index (χ0v) is 13.9. The van der Waals surface area contributed by atoms with Crippen molar-refractivity contribution in [2.75, 3.05) is 25.1 Å². The molecule has 1 aromatic carbocycles. The van der Waals surface area contributed by atoms with Crippen LogP contribution >= 0.6 is 11.8 Å². The lowest BCUT2D eigenvalue weighted by Crippen LogP contribution is -2.39. The molecule has 4 heteroatoms. The first-order valence-electron chi connectivity index (χ1n) is 7.28. The van der Waals surface area contributed by atoms with E-state index in [0.717, 1.165) is 31.2 Å². The maximum absolute atomic E-state index is 4.63. The van der Waals surface area contributed by atoms with E-state index in [-0.39, 0.29) is 6.04 Å². The molecule has 0 heterocycles. The van der Waals surface area contributed by atoms with Gasteiger partial charge in [-0.25, -0.2) is 0 Å². The van der Waals surface area contributed by atoms with Gasteiger partial charge in [-0.05, 0) is 50.3 Å². The van der Waals surface area contributed by atoms with Gasteiger partial charge < -0.3 is 10.6 Å². The predicted molar refractivity (Wildman–Crippen MR) is 91.7 cm³/mol. The maximum Gasteiger partial charge on any atom is 0.191 e. The minimum Gasteiger partial charge on any atom is -0.357 e. The van der Waals surface area contributed by atoms with E-state index in [0.29, 0.717) is 0 Å². The summed E-state index contributed by atoms with van der Waals surface area (Å²) in [6, 6.07) is 8.74. The third-order valence-electron chi connectivity index (χ3n) is 3.13. The lowest BCUT2D eigenvalue weighted by molar-refractivity contribution is 0.682. The number of nitrogens with zero attached hydrogens (tertiary/aromatic N) is 1. The molecule has 2 N–H and O–H groups in total. The Labute approximate surface area is 127 Å². The summed E-state index contributed by atoms with van der Waals surface area (Å²) in [6.07, 6.45) is 3.25. The minimum absolute atomic E-state index is 0.259. The molecule has 1 aromatic rings. The molecule has 0 fully saturated rings. The number of rotatable bonds is 7. The maximum atomic E-state index is 4.63. The SMILES string of the molecule is CCNC(=NCCCSC)NC(C)c1ccccc1C. The molecule has 0 aliphatic rings. The molecule has 1 rings (SSSR count). The average molecular weight is 293 g/mol. The van der Waals surface area contributed by atoms with Crippen molar-refractivity contribution in [2.45, 2.75) is 33.2 Å². The van der Waals surface area contributed by atoms with Gasteiger partial charge in [-0.2, -0.15) is 11.8 Å². The molecule has 0 saturated heterocycles. The van der Waals surface area contributed by atoms with Crippen LogP contribution in [0, 0.1) is 6.92 Å². The quantitative estimate of drug-likeness (QED) is 0.460. The van der Waals surface area contributed by atoms with Gasteiger partial charge in [0.05, 0.1) is 6.04 Å². The van der Waals surface area contributed by atoms with Crippen LogP contribution < -0.4 is 10.6 Å². The number of benzene rings is 1. The fraction of sp³-hybridized carbons (Fsp3) is 0.562. The average Bonchev–Trinajstić information content (AvgIpc) is 2.44. The third-order valence-corrected chi connectivity index (χ3v) is 3.83. The van der Waals surface area contributed by atoms with Gasteiger partial charge in [0.15, 0.2) is 5.96 Å². The summed E-state index contributed by atoms with van der Waals surface area (Å²) in [4.78, 5) is 4.63. The Hall–Kier alpha value is -1.16. The van der Waals surface area contributed by atoms with Gasteiger partial charge in [0.1, 0.15) is 0 Å². The number of guanidine groups is 1. The first-order chi connectivity index (χ1) is 9.69. The lowest BCUT2D eigenvalue weighted by atomic mass is 10.0. The first kappa shape index (κ1) is 16.9.